The SMILES string of the molecule is CCCCCCCCOC1=C=C=C(OCCCCCCCC)C(C)=C1C. The third-order valence-corrected chi connectivity index (χ3v) is 5.02. The molecular weight excluding hydrogens is 320 g/mol. The van der Waals surface area contributed by atoms with Crippen molar-refractivity contribution in [2.24, 2.45) is 0 Å². The number of hydrogen-bond acceptors (Lipinski definition) is 2. The summed E-state index contributed by atoms with van der Waals surface area (Å²) in [6.07, 6.45) is 15.4. The number of allylic oxidation sites excluding steroid dienone is 2. The number of ether oxygens (including phenoxy) is 2. The van der Waals surface area contributed by atoms with Crippen LogP contribution in [0.5, 0.6) is 0 Å². The van der Waals surface area contributed by atoms with Crippen molar-refractivity contribution in [3.05, 3.63) is 34.1 Å². The van der Waals surface area contributed by atoms with E-state index in [4.69, 9.17) is 9.47 Å². The molecule has 0 atom stereocenters. The molecule has 1 aliphatic carbocycles. The predicted molar refractivity (Wildman–Crippen MR) is 111 cm³/mol. The predicted octanol–water partition coefficient (Wildman–Crippen LogP) is 7.61. The minimum atomic E-state index is 0.773. The second-order valence-corrected chi connectivity index (χ2v) is 7.39. The van der Waals surface area contributed by atoms with Crippen LogP contribution in [0.25, 0.3) is 0 Å². The number of hydrogen-bond donors (Lipinski definition) is 0. The molecule has 0 aromatic carbocycles. The summed E-state index contributed by atoms with van der Waals surface area (Å²) >= 11 is 0. The fourth-order valence-corrected chi connectivity index (χ4v) is 3.04. The number of unbranched alkanes of at least 4 members (excludes halogenated alkanes) is 10. The molecule has 0 unspecified atom stereocenters. The van der Waals surface area contributed by atoms with Crippen LogP contribution in [-0.4, -0.2) is 13.2 Å². The Morgan fingerprint density at radius 2 is 0.885 bits per heavy atom. The molecule has 0 spiro atoms. The van der Waals surface area contributed by atoms with Gasteiger partial charge in [-0.2, -0.15) is 0 Å². The fourth-order valence-electron chi connectivity index (χ4n) is 3.04. The summed E-state index contributed by atoms with van der Waals surface area (Å²) in [6, 6.07) is 0. The highest BCUT2D eigenvalue weighted by molar-refractivity contribution is 5.40. The van der Waals surface area contributed by atoms with Gasteiger partial charge in [0.15, 0.2) is 11.5 Å². The smallest absolute Gasteiger partial charge is 0.173 e. The van der Waals surface area contributed by atoms with Gasteiger partial charge in [0, 0.05) is 11.1 Å². The molecule has 0 aromatic rings. The molecule has 1 rings (SSSR count). The lowest BCUT2D eigenvalue weighted by Crippen LogP contribution is -2.04. The van der Waals surface area contributed by atoms with Crippen LogP contribution in [0.3, 0.4) is 0 Å². The molecule has 1 aliphatic rings. The molecule has 2 nitrogen and oxygen atoms in total. The molecular formula is C24H40O2. The van der Waals surface area contributed by atoms with Crippen LogP contribution in [0, 0.1) is 0 Å². The van der Waals surface area contributed by atoms with E-state index in [9.17, 15) is 0 Å². The average molecular weight is 361 g/mol. The van der Waals surface area contributed by atoms with Gasteiger partial charge in [-0.25, -0.2) is 0 Å². The van der Waals surface area contributed by atoms with E-state index in [1.807, 2.05) is 0 Å². The van der Waals surface area contributed by atoms with Crippen molar-refractivity contribution in [1.29, 1.82) is 0 Å². The summed E-state index contributed by atoms with van der Waals surface area (Å²) in [5, 5.41) is 0. The van der Waals surface area contributed by atoms with Crippen molar-refractivity contribution in [2.75, 3.05) is 13.2 Å². The normalized spacial score (nSPS) is 13.7. The molecule has 0 aromatic heterocycles. The van der Waals surface area contributed by atoms with E-state index in [1.54, 1.807) is 0 Å². The van der Waals surface area contributed by atoms with E-state index in [0.717, 1.165) is 48.7 Å². The zero-order valence-electron chi connectivity index (χ0n) is 17.7. The Balaban J connectivity index is 2.31. The zero-order valence-corrected chi connectivity index (χ0v) is 17.7. The highest BCUT2D eigenvalue weighted by Gasteiger charge is 2.13. The van der Waals surface area contributed by atoms with Crippen molar-refractivity contribution in [2.45, 2.75) is 105 Å². The second-order valence-electron chi connectivity index (χ2n) is 7.39. The van der Waals surface area contributed by atoms with Crippen LogP contribution in [0.1, 0.15) is 105 Å². The summed E-state index contributed by atoms with van der Waals surface area (Å²) in [7, 11) is 0. The first-order valence-corrected chi connectivity index (χ1v) is 10.9. The Kier molecular flexibility index (Phi) is 12.9. The van der Waals surface area contributed by atoms with Crippen LogP contribution < -0.4 is 0 Å². The van der Waals surface area contributed by atoms with Crippen molar-refractivity contribution in [3.63, 3.8) is 0 Å². The van der Waals surface area contributed by atoms with Gasteiger partial charge in [-0.15, -0.1) is 0 Å². The molecule has 0 heterocycles. The maximum atomic E-state index is 5.92. The Morgan fingerprint density at radius 3 is 1.27 bits per heavy atom. The Labute approximate surface area is 162 Å². The standard InChI is InChI=1S/C24H40O2/c1-5-7-9-11-13-15-19-25-23-17-18-24(22(4)21(23)3)26-20-16-14-12-10-8-6-2/h5-16,19-20H2,1-4H3. The molecule has 0 saturated carbocycles. The summed E-state index contributed by atoms with van der Waals surface area (Å²) in [5.41, 5.74) is 8.57. The lowest BCUT2D eigenvalue weighted by atomic mass is 10.1. The molecule has 0 aliphatic heterocycles. The average Bonchev–Trinajstić information content (AvgIpc) is 2.65. The van der Waals surface area contributed by atoms with Gasteiger partial charge in [-0.05, 0) is 38.2 Å². The van der Waals surface area contributed by atoms with E-state index in [-0.39, 0.29) is 0 Å². The molecule has 2 heteroatoms. The quantitative estimate of drug-likeness (QED) is 0.208. The molecule has 0 radical (unpaired) electrons. The summed E-state index contributed by atoms with van der Waals surface area (Å²) < 4.78 is 11.8. The van der Waals surface area contributed by atoms with Gasteiger partial charge in [0.2, 0.25) is 0 Å². The monoisotopic (exact) mass is 360 g/mol. The van der Waals surface area contributed by atoms with Gasteiger partial charge in [0.1, 0.15) is 0 Å². The first kappa shape index (κ1) is 22.7. The van der Waals surface area contributed by atoms with E-state index < -0.39 is 0 Å². The highest BCUT2D eigenvalue weighted by atomic mass is 16.5. The van der Waals surface area contributed by atoms with Crippen LogP contribution in [0.15, 0.2) is 34.1 Å². The Morgan fingerprint density at radius 1 is 0.538 bits per heavy atom. The van der Waals surface area contributed by atoms with Crippen LogP contribution in [-0.2, 0) is 9.47 Å². The largest absolute Gasteiger partial charge is 0.485 e. The summed E-state index contributed by atoms with van der Waals surface area (Å²) in [6.45, 7) is 10.2. The molecule has 0 saturated heterocycles. The third kappa shape index (κ3) is 9.37. The Bertz CT molecular complexity index is 468. The molecule has 0 amide bonds. The van der Waals surface area contributed by atoms with Crippen molar-refractivity contribution in [1.82, 2.24) is 0 Å². The van der Waals surface area contributed by atoms with Gasteiger partial charge in [-0.1, -0.05) is 78.1 Å². The molecule has 0 fully saturated rings. The third-order valence-electron chi connectivity index (χ3n) is 5.02. The Hall–Kier alpha value is -1.36. The van der Waals surface area contributed by atoms with Crippen molar-refractivity contribution >= 4 is 0 Å². The van der Waals surface area contributed by atoms with Gasteiger partial charge in [0.05, 0.1) is 13.2 Å². The van der Waals surface area contributed by atoms with Crippen molar-refractivity contribution < 1.29 is 9.47 Å². The van der Waals surface area contributed by atoms with E-state index in [2.05, 4.69) is 39.2 Å². The minimum Gasteiger partial charge on any atom is -0.485 e. The summed E-state index contributed by atoms with van der Waals surface area (Å²) in [5.74, 6) is 1.67. The van der Waals surface area contributed by atoms with E-state index >= 15 is 0 Å². The fraction of sp³-hybridized carbons (Fsp3) is 0.750. The minimum absolute atomic E-state index is 0.773. The second kappa shape index (κ2) is 14.8. The first-order valence-electron chi connectivity index (χ1n) is 10.9. The van der Waals surface area contributed by atoms with Gasteiger partial charge < -0.3 is 9.47 Å². The van der Waals surface area contributed by atoms with Crippen LogP contribution in [0.2, 0.25) is 0 Å². The first-order chi connectivity index (χ1) is 12.7. The topological polar surface area (TPSA) is 18.5 Å². The zero-order chi connectivity index (χ0) is 19.0. The van der Waals surface area contributed by atoms with Crippen LogP contribution >= 0.6 is 0 Å². The van der Waals surface area contributed by atoms with Gasteiger partial charge in [-0.3, -0.25) is 0 Å². The maximum absolute atomic E-state index is 5.92. The molecule has 26 heavy (non-hydrogen) atoms. The van der Waals surface area contributed by atoms with Crippen LogP contribution in [0.4, 0.5) is 0 Å². The van der Waals surface area contributed by atoms with Gasteiger partial charge in [0.25, 0.3) is 0 Å². The van der Waals surface area contributed by atoms with E-state index in [1.165, 1.54) is 64.2 Å². The summed E-state index contributed by atoms with van der Waals surface area (Å²) in [4.78, 5) is 0. The lowest BCUT2D eigenvalue weighted by Gasteiger charge is -2.16. The van der Waals surface area contributed by atoms with E-state index in [0.29, 0.717) is 0 Å². The van der Waals surface area contributed by atoms with Crippen molar-refractivity contribution in [3.8, 4) is 0 Å². The molecule has 0 bridgehead atoms. The highest BCUT2D eigenvalue weighted by Crippen LogP contribution is 2.24. The maximum Gasteiger partial charge on any atom is 0.173 e. The molecule has 148 valence electrons. The van der Waals surface area contributed by atoms with Gasteiger partial charge >= 0.3 is 0 Å². The molecule has 0 N–H and O–H groups in total. The number of rotatable bonds is 16. The lowest BCUT2D eigenvalue weighted by molar-refractivity contribution is 0.202.